The van der Waals surface area contributed by atoms with Crippen molar-refractivity contribution in [1.29, 1.82) is 0 Å². The van der Waals surface area contributed by atoms with Crippen molar-refractivity contribution in [3.05, 3.63) is 41.7 Å². The summed E-state index contributed by atoms with van der Waals surface area (Å²) in [7, 11) is 0. The van der Waals surface area contributed by atoms with Gasteiger partial charge in [0, 0.05) is 6.54 Å². The maximum atomic E-state index is 13.0. The van der Waals surface area contributed by atoms with E-state index >= 15 is 0 Å². The normalized spacial score (nSPS) is 11.8. The largest absolute Gasteiger partial charge is 0.357 e. The number of benzene rings is 1. The predicted molar refractivity (Wildman–Crippen MR) is 94.0 cm³/mol. The van der Waals surface area contributed by atoms with Crippen molar-refractivity contribution < 1.29 is 9.18 Å². The van der Waals surface area contributed by atoms with Gasteiger partial charge < -0.3 is 10.6 Å². The standard InChI is InChI=1S/C14H14ClFN4OS2/c1-3-6-17-13-19-20-14(23-13)22-8(2)12(21)18-11-5-4-9(16)7-10(11)15/h3-5,7-8H,1,6H2,2H3,(H,17,19)(H,18,21)/t8-/m1/s1. The molecule has 1 aromatic carbocycles. The van der Waals surface area contributed by atoms with Crippen LogP contribution >= 0.6 is 34.7 Å². The molecule has 0 unspecified atom stereocenters. The lowest BCUT2D eigenvalue weighted by molar-refractivity contribution is -0.115. The number of amides is 1. The number of carbonyl (C=O) groups excluding carboxylic acids is 1. The van der Waals surface area contributed by atoms with Crippen molar-refractivity contribution in [3.63, 3.8) is 0 Å². The van der Waals surface area contributed by atoms with Gasteiger partial charge in [0.1, 0.15) is 5.82 Å². The Balaban J connectivity index is 1.94. The van der Waals surface area contributed by atoms with Gasteiger partial charge in [0.25, 0.3) is 0 Å². The Bertz CT molecular complexity index is 710. The summed E-state index contributed by atoms with van der Waals surface area (Å²) in [5.41, 5.74) is 0.371. The van der Waals surface area contributed by atoms with Crippen LogP contribution < -0.4 is 10.6 Å². The number of halogens is 2. The zero-order valence-corrected chi connectivity index (χ0v) is 14.6. The fourth-order valence-corrected chi connectivity index (χ4v) is 3.64. The Morgan fingerprint density at radius 1 is 1.57 bits per heavy atom. The molecule has 0 fully saturated rings. The Hall–Kier alpha value is -1.64. The van der Waals surface area contributed by atoms with E-state index < -0.39 is 11.1 Å². The van der Waals surface area contributed by atoms with Crippen molar-refractivity contribution in [2.24, 2.45) is 0 Å². The molecule has 122 valence electrons. The van der Waals surface area contributed by atoms with E-state index in [0.29, 0.717) is 21.7 Å². The van der Waals surface area contributed by atoms with Gasteiger partial charge in [0.15, 0.2) is 4.34 Å². The van der Waals surface area contributed by atoms with Gasteiger partial charge in [-0.1, -0.05) is 40.8 Å². The average Bonchev–Trinajstić information content (AvgIpc) is 2.95. The molecule has 2 N–H and O–H groups in total. The smallest absolute Gasteiger partial charge is 0.237 e. The molecule has 0 aliphatic carbocycles. The summed E-state index contributed by atoms with van der Waals surface area (Å²) in [5.74, 6) is -0.705. The third-order valence-corrected chi connectivity index (χ3v) is 5.02. The van der Waals surface area contributed by atoms with Crippen LogP contribution in [-0.4, -0.2) is 27.9 Å². The molecule has 0 spiro atoms. The first-order valence-electron chi connectivity index (χ1n) is 6.60. The first-order chi connectivity index (χ1) is 11.0. The van der Waals surface area contributed by atoms with Crippen LogP contribution in [0.3, 0.4) is 0 Å². The fourth-order valence-electron chi connectivity index (χ4n) is 1.52. The van der Waals surface area contributed by atoms with E-state index in [0.717, 1.165) is 6.07 Å². The highest BCUT2D eigenvalue weighted by molar-refractivity contribution is 8.02. The number of thioether (sulfide) groups is 1. The van der Waals surface area contributed by atoms with Gasteiger partial charge in [0.2, 0.25) is 11.0 Å². The number of nitrogens with zero attached hydrogens (tertiary/aromatic N) is 2. The molecule has 0 saturated heterocycles. The zero-order chi connectivity index (χ0) is 16.8. The molecule has 1 aromatic heterocycles. The third-order valence-electron chi connectivity index (χ3n) is 2.64. The zero-order valence-electron chi connectivity index (χ0n) is 12.2. The minimum absolute atomic E-state index is 0.155. The van der Waals surface area contributed by atoms with E-state index in [2.05, 4.69) is 27.4 Å². The fraction of sp³-hybridized carbons (Fsp3) is 0.214. The summed E-state index contributed by atoms with van der Waals surface area (Å²) < 4.78 is 13.7. The van der Waals surface area contributed by atoms with Crippen molar-refractivity contribution in [2.45, 2.75) is 16.5 Å². The van der Waals surface area contributed by atoms with Crippen LogP contribution in [0, 0.1) is 5.82 Å². The van der Waals surface area contributed by atoms with Gasteiger partial charge in [-0.3, -0.25) is 4.79 Å². The summed E-state index contributed by atoms with van der Waals surface area (Å²) in [6.45, 7) is 5.95. The Morgan fingerprint density at radius 2 is 2.35 bits per heavy atom. The van der Waals surface area contributed by atoms with Gasteiger partial charge in [-0.2, -0.15) is 0 Å². The van der Waals surface area contributed by atoms with Gasteiger partial charge in [-0.25, -0.2) is 4.39 Å². The average molecular weight is 373 g/mol. The minimum Gasteiger partial charge on any atom is -0.357 e. The van der Waals surface area contributed by atoms with Crippen molar-refractivity contribution >= 4 is 51.4 Å². The molecule has 2 aromatic rings. The molecule has 1 heterocycles. The maximum absolute atomic E-state index is 13.0. The van der Waals surface area contributed by atoms with E-state index in [1.54, 1.807) is 13.0 Å². The Kier molecular flexibility index (Phi) is 6.37. The molecule has 5 nitrogen and oxygen atoms in total. The summed E-state index contributed by atoms with van der Waals surface area (Å²) >= 11 is 8.53. The Morgan fingerprint density at radius 3 is 3.04 bits per heavy atom. The molecule has 0 aliphatic heterocycles. The second-order valence-corrected chi connectivity index (χ2v) is 7.39. The molecule has 23 heavy (non-hydrogen) atoms. The quantitative estimate of drug-likeness (QED) is 0.567. The number of nitrogens with one attached hydrogen (secondary N) is 2. The van der Waals surface area contributed by atoms with Gasteiger partial charge in [0.05, 0.1) is 16.0 Å². The molecule has 0 saturated carbocycles. The first kappa shape index (κ1) is 17.7. The van der Waals surface area contributed by atoms with Crippen LogP contribution in [0.1, 0.15) is 6.92 Å². The summed E-state index contributed by atoms with van der Waals surface area (Å²) in [4.78, 5) is 12.2. The van der Waals surface area contributed by atoms with Crippen LogP contribution in [-0.2, 0) is 4.79 Å². The van der Waals surface area contributed by atoms with E-state index in [-0.39, 0.29) is 10.9 Å². The number of carbonyl (C=O) groups is 1. The molecule has 0 bridgehead atoms. The second-order valence-electron chi connectivity index (χ2n) is 4.42. The number of anilines is 2. The number of hydrogen-bond acceptors (Lipinski definition) is 6. The Labute approximate surface area is 146 Å². The lowest BCUT2D eigenvalue weighted by Crippen LogP contribution is -2.22. The molecular weight excluding hydrogens is 359 g/mol. The maximum Gasteiger partial charge on any atom is 0.237 e. The second kappa shape index (κ2) is 8.28. The number of rotatable bonds is 7. The number of aromatic nitrogens is 2. The highest BCUT2D eigenvalue weighted by atomic mass is 35.5. The molecule has 1 amide bonds. The highest BCUT2D eigenvalue weighted by Crippen LogP contribution is 2.30. The van der Waals surface area contributed by atoms with Crippen LogP contribution in [0.25, 0.3) is 0 Å². The molecule has 0 aliphatic rings. The van der Waals surface area contributed by atoms with E-state index in [1.807, 2.05) is 0 Å². The molecular formula is C14H14ClFN4OS2. The van der Waals surface area contributed by atoms with E-state index in [4.69, 9.17) is 11.6 Å². The van der Waals surface area contributed by atoms with Crippen molar-refractivity contribution in [3.8, 4) is 0 Å². The molecule has 2 rings (SSSR count). The van der Waals surface area contributed by atoms with Gasteiger partial charge in [-0.15, -0.1) is 16.8 Å². The molecule has 9 heteroatoms. The third kappa shape index (κ3) is 5.19. The van der Waals surface area contributed by atoms with E-state index in [9.17, 15) is 9.18 Å². The van der Waals surface area contributed by atoms with Crippen LogP contribution in [0.4, 0.5) is 15.2 Å². The SMILES string of the molecule is C=CCNc1nnc(S[C@H](C)C(=O)Nc2ccc(F)cc2Cl)s1. The predicted octanol–water partition coefficient (Wildman–Crippen LogP) is 4.05. The molecule has 1 atom stereocenters. The molecule has 0 radical (unpaired) electrons. The van der Waals surface area contributed by atoms with Crippen LogP contribution in [0.15, 0.2) is 35.2 Å². The van der Waals surface area contributed by atoms with Crippen molar-refractivity contribution in [1.82, 2.24) is 10.2 Å². The lowest BCUT2D eigenvalue weighted by atomic mass is 10.3. The van der Waals surface area contributed by atoms with Gasteiger partial charge in [-0.05, 0) is 25.1 Å². The van der Waals surface area contributed by atoms with Crippen molar-refractivity contribution in [2.75, 3.05) is 17.2 Å². The van der Waals surface area contributed by atoms with Gasteiger partial charge >= 0.3 is 0 Å². The summed E-state index contributed by atoms with van der Waals surface area (Å²) in [6, 6.07) is 3.81. The lowest BCUT2D eigenvalue weighted by Gasteiger charge is -2.11. The highest BCUT2D eigenvalue weighted by Gasteiger charge is 2.18. The topological polar surface area (TPSA) is 66.9 Å². The monoisotopic (exact) mass is 372 g/mol. The van der Waals surface area contributed by atoms with Crippen LogP contribution in [0.5, 0.6) is 0 Å². The van der Waals surface area contributed by atoms with Crippen LogP contribution in [0.2, 0.25) is 5.02 Å². The summed E-state index contributed by atoms with van der Waals surface area (Å²) in [5, 5.41) is 14.1. The minimum atomic E-state index is -0.455. The first-order valence-corrected chi connectivity index (χ1v) is 8.68. The van der Waals surface area contributed by atoms with E-state index in [1.165, 1.54) is 35.2 Å². The number of hydrogen-bond donors (Lipinski definition) is 2. The summed E-state index contributed by atoms with van der Waals surface area (Å²) in [6.07, 6.45) is 1.72.